The van der Waals surface area contributed by atoms with E-state index in [-0.39, 0.29) is 5.54 Å². The van der Waals surface area contributed by atoms with E-state index in [1.54, 1.807) is 0 Å². The summed E-state index contributed by atoms with van der Waals surface area (Å²) in [5.74, 6) is 0. The van der Waals surface area contributed by atoms with E-state index in [1.165, 1.54) is 11.1 Å². The van der Waals surface area contributed by atoms with Crippen LogP contribution < -0.4 is 5.32 Å². The molecule has 0 fully saturated rings. The van der Waals surface area contributed by atoms with Crippen LogP contribution >= 0.6 is 0 Å². The van der Waals surface area contributed by atoms with Gasteiger partial charge >= 0.3 is 0 Å². The molecule has 2 heteroatoms. The molecule has 2 nitrogen and oxygen atoms in total. The molecule has 0 saturated carbocycles. The highest BCUT2D eigenvalue weighted by atomic mass is 16.5. The zero-order valence-corrected chi connectivity index (χ0v) is 11.1. The number of hydrogen-bond donors (Lipinski definition) is 1. The molecule has 0 bridgehead atoms. The van der Waals surface area contributed by atoms with Gasteiger partial charge in [-0.25, -0.2) is 0 Å². The lowest BCUT2D eigenvalue weighted by Gasteiger charge is -2.20. The van der Waals surface area contributed by atoms with E-state index in [1.807, 2.05) is 6.26 Å². The molecule has 0 amide bonds. The fourth-order valence-electron chi connectivity index (χ4n) is 1.72. The quantitative estimate of drug-likeness (QED) is 0.737. The summed E-state index contributed by atoms with van der Waals surface area (Å²) in [7, 11) is 0. The number of nitrogens with one attached hydrogen (secondary N) is 1. The van der Waals surface area contributed by atoms with Crippen molar-refractivity contribution in [3.63, 3.8) is 0 Å². The first kappa shape index (κ1) is 13.3. The molecule has 0 aromatic rings. The fourth-order valence-corrected chi connectivity index (χ4v) is 1.72. The summed E-state index contributed by atoms with van der Waals surface area (Å²) in [4.78, 5) is 0. The third-order valence-electron chi connectivity index (χ3n) is 2.69. The van der Waals surface area contributed by atoms with E-state index in [2.05, 4.69) is 39.1 Å². The second-order valence-electron chi connectivity index (χ2n) is 5.47. The highest BCUT2D eigenvalue weighted by Crippen LogP contribution is 2.19. The van der Waals surface area contributed by atoms with E-state index >= 15 is 0 Å². The molecule has 0 aliphatic carbocycles. The lowest BCUT2D eigenvalue weighted by atomic mass is 10.0. The van der Waals surface area contributed by atoms with Crippen molar-refractivity contribution in [3.8, 4) is 0 Å². The second kappa shape index (κ2) is 6.09. The number of ether oxygens (including phenoxy) is 1. The molecular formula is C14H25NO. The molecule has 0 aromatic heterocycles. The average Bonchev–Trinajstić information content (AvgIpc) is 2.24. The minimum atomic E-state index is 0.217. The molecule has 0 atom stereocenters. The minimum Gasteiger partial charge on any atom is -0.501 e. The summed E-state index contributed by atoms with van der Waals surface area (Å²) in [5.41, 5.74) is 2.95. The molecule has 0 saturated heterocycles. The smallest absolute Gasteiger partial charge is 0.0876 e. The Morgan fingerprint density at radius 2 is 2.25 bits per heavy atom. The second-order valence-corrected chi connectivity index (χ2v) is 5.47. The van der Waals surface area contributed by atoms with Gasteiger partial charge in [0.25, 0.3) is 0 Å². The number of allylic oxidation sites excluding steroid dienone is 2. The topological polar surface area (TPSA) is 21.3 Å². The number of rotatable bonds is 4. The summed E-state index contributed by atoms with van der Waals surface area (Å²) in [5, 5.41) is 3.48. The summed E-state index contributed by atoms with van der Waals surface area (Å²) in [6, 6.07) is 0. The Kier molecular flexibility index (Phi) is 5.07. The first-order chi connectivity index (χ1) is 7.49. The van der Waals surface area contributed by atoms with Crippen LogP contribution in [0.5, 0.6) is 0 Å². The zero-order chi connectivity index (χ0) is 12.0. The van der Waals surface area contributed by atoms with Gasteiger partial charge in [-0.15, -0.1) is 0 Å². The lowest BCUT2D eigenvalue weighted by Crippen LogP contribution is -2.36. The Hall–Kier alpha value is -0.760. The molecule has 0 unspecified atom stereocenters. The third-order valence-corrected chi connectivity index (χ3v) is 2.69. The highest BCUT2D eigenvalue weighted by Gasteiger charge is 2.08. The van der Waals surface area contributed by atoms with Crippen LogP contribution in [0.4, 0.5) is 0 Å². The van der Waals surface area contributed by atoms with Gasteiger partial charge in [-0.05, 0) is 64.6 Å². The monoisotopic (exact) mass is 223 g/mol. The van der Waals surface area contributed by atoms with Crippen LogP contribution in [0.2, 0.25) is 0 Å². The van der Waals surface area contributed by atoms with Crippen molar-refractivity contribution in [1.29, 1.82) is 0 Å². The first-order valence-electron chi connectivity index (χ1n) is 6.22. The van der Waals surface area contributed by atoms with Crippen LogP contribution in [0.3, 0.4) is 0 Å². The van der Waals surface area contributed by atoms with Gasteiger partial charge in [0, 0.05) is 5.54 Å². The normalized spacial score (nSPS) is 18.0. The molecular weight excluding hydrogens is 198 g/mol. The average molecular weight is 223 g/mol. The molecule has 92 valence electrons. The predicted molar refractivity (Wildman–Crippen MR) is 69.4 cm³/mol. The molecule has 1 aliphatic rings. The standard InChI is InChI=1S/C14H25NO/c1-12(13-8-6-10-16-11-13)7-5-9-15-14(2,3)4/h7,11,15H,5-6,8-10H2,1-4H3. The Morgan fingerprint density at radius 1 is 1.50 bits per heavy atom. The minimum absolute atomic E-state index is 0.217. The van der Waals surface area contributed by atoms with Gasteiger partial charge < -0.3 is 10.1 Å². The Bertz CT molecular complexity index is 271. The van der Waals surface area contributed by atoms with Crippen molar-refractivity contribution in [2.45, 2.75) is 52.5 Å². The molecule has 16 heavy (non-hydrogen) atoms. The van der Waals surface area contributed by atoms with Crippen molar-refractivity contribution in [2.75, 3.05) is 13.2 Å². The van der Waals surface area contributed by atoms with Gasteiger partial charge in [0.15, 0.2) is 0 Å². The van der Waals surface area contributed by atoms with Gasteiger partial charge in [-0.1, -0.05) is 6.08 Å². The maximum Gasteiger partial charge on any atom is 0.0876 e. The summed E-state index contributed by atoms with van der Waals surface area (Å²) >= 11 is 0. The van der Waals surface area contributed by atoms with Crippen molar-refractivity contribution in [2.24, 2.45) is 0 Å². The van der Waals surface area contributed by atoms with Gasteiger partial charge in [0.1, 0.15) is 0 Å². The largest absolute Gasteiger partial charge is 0.501 e. The van der Waals surface area contributed by atoms with E-state index in [0.29, 0.717) is 0 Å². The van der Waals surface area contributed by atoms with Gasteiger partial charge in [-0.2, -0.15) is 0 Å². The van der Waals surface area contributed by atoms with Crippen molar-refractivity contribution in [1.82, 2.24) is 5.32 Å². The molecule has 1 rings (SSSR count). The van der Waals surface area contributed by atoms with Crippen LogP contribution in [0, 0.1) is 0 Å². The van der Waals surface area contributed by atoms with Crippen molar-refractivity contribution >= 4 is 0 Å². The van der Waals surface area contributed by atoms with Crippen molar-refractivity contribution < 1.29 is 4.74 Å². The SMILES string of the molecule is CC(=CCCNC(C)(C)C)C1=COCCC1. The summed E-state index contributed by atoms with van der Waals surface area (Å²) < 4.78 is 5.35. The zero-order valence-electron chi connectivity index (χ0n) is 11.1. The number of hydrogen-bond acceptors (Lipinski definition) is 2. The van der Waals surface area contributed by atoms with E-state index in [9.17, 15) is 0 Å². The van der Waals surface area contributed by atoms with Crippen molar-refractivity contribution in [3.05, 3.63) is 23.5 Å². The Morgan fingerprint density at radius 3 is 2.81 bits per heavy atom. The van der Waals surface area contributed by atoms with Gasteiger partial charge in [0.05, 0.1) is 12.9 Å². The molecule has 1 heterocycles. The molecule has 0 aromatic carbocycles. The van der Waals surface area contributed by atoms with Crippen LogP contribution in [-0.2, 0) is 4.74 Å². The molecule has 0 radical (unpaired) electrons. The molecule has 1 N–H and O–H groups in total. The summed E-state index contributed by atoms with van der Waals surface area (Å²) in [6.45, 7) is 10.7. The lowest BCUT2D eigenvalue weighted by molar-refractivity contribution is 0.226. The fraction of sp³-hybridized carbons (Fsp3) is 0.714. The van der Waals surface area contributed by atoms with E-state index in [4.69, 9.17) is 4.74 Å². The maximum atomic E-state index is 5.35. The third kappa shape index (κ3) is 5.36. The predicted octanol–water partition coefficient (Wildman–Crippen LogP) is 3.41. The summed E-state index contributed by atoms with van der Waals surface area (Å²) in [6.07, 6.45) is 7.62. The molecule has 0 spiro atoms. The van der Waals surface area contributed by atoms with Gasteiger partial charge in [-0.3, -0.25) is 0 Å². The Labute approximate surface area is 99.8 Å². The van der Waals surface area contributed by atoms with Gasteiger partial charge in [0.2, 0.25) is 0 Å². The first-order valence-corrected chi connectivity index (χ1v) is 6.22. The van der Waals surface area contributed by atoms with Crippen LogP contribution in [0.15, 0.2) is 23.5 Å². The van der Waals surface area contributed by atoms with E-state index in [0.717, 1.165) is 32.4 Å². The van der Waals surface area contributed by atoms with E-state index < -0.39 is 0 Å². The van der Waals surface area contributed by atoms with Crippen LogP contribution in [0.1, 0.15) is 47.0 Å². The molecule has 1 aliphatic heterocycles. The van der Waals surface area contributed by atoms with Crippen LogP contribution in [-0.4, -0.2) is 18.7 Å². The maximum absolute atomic E-state index is 5.35. The highest BCUT2D eigenvalue weighted by molar-refractivity contribution is 5.28. The Balaban J connectivity index is 2.31. The van der Waals surface area contributed by atoms with Crippen LogP contribution in [0.25, 0.3) is 0 Å².